The van der Waals surface area contributed by atoms with E-state index in [1.807, 2.05) is 30.3 Å². The molecular formula is C27H35N3O5S. The van der Waals surface area contributed by atoms with Gasteiger partial charge in [-0.2, -0.15) is 0 Å². The molecule has 2 fully saturated rings. The number of nitrogens with zero attached hydrogens (tertiary/aromatic N) is 1. The van der Waals surface area contributed by atoms with Crippen LogP contribution in [0.1, 0.15) is 50.2 Å². The van der Waals surface area contributed by atoms with Gasteiger partial charge in [-0.15, -0.1) is 0 Å². The zero-order valence-electron chi connectivity index (χ0n) is 20.7. The number of nitrogens with one attached hydrogen (secondary N) is 2. The summed E-state index contributed by atoms with van der Waals surface area (Å²) in [5, 5.41) is 2.94. The number of aryl methyl sites for hydroxylation is 1. The molecule has 2 aromatic rings. The number of carbonyl (C=O) groups excluding carboxylic acids is 2. The lowest BCUT2D eigenvalue weighted by Gasteiger charge is -2.29. The van der Waals surface area contributed by atoms with E-state index < -0.39 is 16.1 Å². The number of carbonyl (C=O) groups is 2. The molecule has 1 saturated carbocycles. The molecule has 8 nitrogen and oxygen atoms in total. The molecular weight excluding hydrogens is 478 g/mol. The van der Waals surface area contributed by atoms with Crippen molar-refractivity contribution in [3.05, 3.63) is 65.7 Å². The molecule has 0 bridgehead atoms. The molecule has 1 heterocycles. The lowest BCUT2D eigenvalue weighted by atomic mass is 10.1. The first kappa shape index (κ1) is 26.3. The Morgan fingerprint density at radius 2 is 1.75 bits per heavy atom. The van der Waals surface area contributed by atoms with Crippen molar-refractivity contribution in [2.75, 3.05) is 13.2 Å². The summed E-state index contributed by atoms with van der Waals surface area (Å²) in [4.78, 5) is 28.0. The van der Waals surface area contributed by atoms with Crippen LogP contribution in [0.4, 0.5) is 0 Å². The predicted molar refractivity (Wildman–Crippen MR) is 137 cm³/mol. The average molecular weight is 514 g/mol. The maximum atomic E-state index is 13.3. The minimum Gasteiger partial charge on any atom is -0.376 e. The molecule has 0 radical (unpaired) electrons. The molecule has 2 amide bonds. The Balaban J connectivity index is 1.37. The second kappa shape index (κ2) is 12.0. The van der Waals surface area contributed by atoms with Gasteiger partial charge in [0.05, 0.1) is 11.0 Å². The van der Waals surface area contributed by atoms with Gasteiger partial charge in [0.1, 0.15) is 6.04 Å². The highest BCUT2D eigenvalue weighted by Gasteiger charge is 2.29. The van der Waals surface area contributed by atoms with E-state index in [1.54, 1.807) is 36.1 Å². The quantitative estimate of drug-likeness (QED) is 0.454. The van der Waals surface area contributed by atoms with Crippen molar-refractivity contribution < 1.29 is 22.7 Å². The Morgan fingerprint density at radius 1 is 1.03 bits per heavy atom. The molecule has 4 rings (SSSR count). The van der Waals surface area contributed by atoms with E-state index in [0.717, 1.165) is 43.4 Å². The second-order valence-electron chi connectivity index (χ2n) is 9.60. The summed E-state index contributed by atoms with van der Waals surface area (Å²) < 4.78 is 33.0. The van der Waals surface area contributed by atoms with E-state index >= 15 is 0 Å². The molecule has 2 N–H and O–H groups in total. The molecule has 194 valence electrons. The topological polar surface area (TPSA) is 105 Å². The first-order valence-electron chi connectivity index (χ1n) is 12.7. The number of rotatable bonds is 12. The Bertz CT molecular complexity index is 1130. The van der Waals surface area contributed by atoms with Crippen molar-refractivity contribution in [3.63, 3.8) is 0 Å². The molecule has 2 aromatic carbocycles. The first-order valence-corrected chi connectivity index (χ1v) is 14.1. The second-order valence-corrected chi connectivity index (χ2v) is 11.3. The summed E-state index contributed by atoms with van der Waals surface area (Å²) in [6.45, 7) is 3.25. The standard InChI is InChI=1S/C27H35N3O5S/c1-20(27(32)28-18-24-8-5-17-35-24)30(19-22-6-3-2-4-7-22)26(31)16-11-21-9-14-25(15-10-21)36(33,34)29-23-12-13-23/h2-4,6-7,9-10,14-15,20,23-24,29H,5,8,11-13,16-19H2,1H3,(H,28,32)/t20-,24-/m1/s1. The number of hydrogen-bond acceptors (Lipinski definition) is 5. The van der Waals surface area contributed by atoms with Crippen molar-refractivity contribution >= 4 is 21.8 Å². The molecule has 1 aliphatic carbocycles. The van der Waals surface area contributed by atoms with Crippen LogP contribution in [-0.4, -0.2) is 56.5 Å². The summed E-state index contributed by atoms with van der Waals surface area (Å²) in [5.41, 5.74) is 1.81. The number of hydrogen-bond donors (Lipinski definition) is 2. The Labute approximate surface area is 213 Å². The lowest BCUT2D eigenvalue weighted by Crippen LogP contribution is -2.49. The van der Waals surface area contributed by atoms with Crippen LogP contribution in [-0.2, 0) is 37.3 Å². The molecule has 0 spiro atoms. The van der Waals surface area contributed by atoms with Gasteiger partial charge in [-0.3, -0.25) is 9.59 Å². The van der Waals surface area contributed by atoms with Crippen LogP contribution in [0.5, 0.6) is 0 Å². The van der Waals surface area contributed by atoms with Gasteiger partial charge in [-0.1, -0.05) is 42.5 Å². The SMILES string of the molecule is C[C@H](C(=O)NC[C@H]1CCCO1)N(Cc1ccccc1)C(=O)CCc1ccc(S(=O)(=O)NC2CC2)cc1. The lowest BCUT2D eigenvalue weighted by molar-refractivity contribution is -0.140. The highest BCUT2D eigenvalue weighted by Crippen LogP contribution is 2.22. The first-order chi connectivity index (χ1) is 17.3. The molecule has 0 unspecified atom stereocenters. The summed E-state index contributed by atoms with van der Waals surface area (Å²) in [5.74, 6) is -0.335. The van der Waals surface area contributed by atoms with E-state index in [9.17, 15) is 18.0 Å². The third-order valence-corrected chi connectivity index (χ3v) is 8.19. The normalized spacial score (nSPS) is 18.5. The van der Waals surface area contributed by atoms with Crippen LogP contribution >= 0.6 is 0 Å². The van der Waals surface area contributed by atoms with Gasteiger partial charge in [0.2, 0.25) is 21.8 Å². The maximum absolute atomic E-state index is 13.3. The fourth-order valence-corrected chi connectivity index (χ4v) is 5.55. The minimum absolute atomic E-state index is 0.0330. The number of ether oxygens (including phenoxy) is 1. The van der Waals surface area contributed by atoms with E-state index in [4.69, 9.17) is 4.74 Å². The van der Waals surface area contributed by atoms with Crippen molar-refractivity contribution in [2.24, 2.45) is 0 Å². The minimum atomic E-state index is -3.50. The highest BCUT2D eigenvalue weighted by molar-refractivity contribution is 7.89. The largest absolute Gasteiger partial charge is 0.376 e. The number of amides is 2. The molecule has 1 aliphatic heterocycles. The molecule has 1 saturated heterocycles. The summed E-state index contributed by atoms with van der Waals surface area (Å²) in [6, 6.07) is 15.7. The van der Waals surface area contributed by atoms with Crippen LogP contribution in [0.15, 0.2) is 59.5 Å². The van der Waals surface area contributed by atoms with Gasteiger partial charge in [-0.05, 0) is 62.3 Å². The zero-order chi connectivity index (χ0) is 25.5. The molecule has 36 heavy (non-hydrogen) atoms. The van der Waals surface area contributed by atoms with Crippen LogP contribution in [0, 0.1) is 0 Å². The molecule has 0 aromatic heterocycles. The van der Waals surface area contributed by atoms with Crippen LogP contribution in [0.25, 0.3) is 0 Å². The van der Waals surface area contributed by atoms with Crippen molar-refractivity contribution in [2.45, 2.75) is 75.1 Å². The maximum Gasteiger partial charge on any atom is 0.242 e. The third kappa shape index (κ3) is 7.38. The van der Waals surface area contributed by atoms with Crippen LogP contribution < -0.4 is 10.0 Å². The molecule has 2 aliphatic rings. The fourth-order valence-electron chi connectivity index (χ4n) is 4.25. The van der Waals surface area contributed by atoms with Gasteiger partial charge in [0, 0.05) is 32.2 Å². The third-order valence-electron chi connectivity index (χ3n) is 6.65. The van der Waals surface area contributed by atoms with Gasteiger partial charge in [0.15, 0.2) is 0 Å². The van der Waals surface area contributed by atoms with Crippen molar-refractivity contribution in [1.82, 2.24) is 14.9 Å². The van der Waals surface area contributed by atoms with Gasteiger partial charge < -0.3 is 15.0 Å². The monoisotopic (exact) mass is 513 g/mol. The fraction of sp³-hybridized carbons (Fsp3) is 0.481. The molecule has 2 atom stereocenters. The van der Waals surface area contributed by atoms with Gasteiger partial charge in [-0.25, -0.2) is 13.1 Å². The van der Waals surface area contributed by atoms with Gasteiger partial charge in [0.25, 0.3) is 0 Å². The van der Waals surface area contributed by atoms with E-state index in [-0.39, 0.29) is 35.3 Å². The van der Waals surface area contributed by atoms with E-state index in [0.29, 0.717) is 19.5 Å². The van der Waals surface area contributed by atoms with Crippen molar-refractivity contribution in [3.8, 4) is 0 Å². The van der Waals surface area contributed by atoms with Crippen molar-refractivity contribution in [1.29, 1.82) is 0 Å². The number of benzene rings is 2. The highest BCUT2D eigenvalue weighted by atomic mass is 32.2. The zero-order valence-corrected chi connectivity index (χ0v) is 21.5. The molecule has 9 heteroatoms. The summed E-state index contributed by atoms with van der Waals surface area (Å²) >= 11 is 0. The van der Waals surface area contributed by atoms with Crippen LogP contribution in [0.2, 0.25) is 0 Å². The summed E-state index contributed by atoms with van der Waals surface area (Å²) in [6.07, 6.45) is 4.38. The average Bonchev–Trinajstić information content (AvgIpc) is 3.53. The van der Waals surface area contributed by atoms with E-state index in [1.165, 1.54) is 0 Å². The predicted octanol–water partition coefficient (Wildman–Crippen LogP) is 2.77. The number of sulfonamides is 1. The van der Waals surface area contributed by atoms with Gasteiger partial charge >= 0.3 is 0 Å². The smallest absolute Gasteiger partial charge is 0.242 e. The summed E-state index contributed by atoms with van der Waals surface area (Å²) in [7, 11) is -3.50. The Kier molecular flexibility index (Phi) is 8.77. The Hall–Kier alpha value is -2.75. The van der Waals surface area contributed by atoms with E-state index in [2.05, 4.69) is 10.0 Å². The Morgan fingerprint density at radius 3 is 2.39 bits per heavy atom. The van der Waals surface area contributed by atoms with Crippen LogP contribution in [0.3, 0.4) is 0 Å².